The summed E-state index contributed by atoms with van der Waals surface area (Å²) in [5.41, 5.74) is 0.545. The van der Waals surface area contributed by atoms with E-state index in [1.165, 1.54) is 0 Å². The first kappa shape index (κ1) is 14.1. The van der Waals surface area contributed by atoms with Gasteiger partial charge in [-0.3, -0.25) is 4.79 Å². The highest BCUT2D eigenvalue weighted by Crippen LogP contribution is 2.22. The molecule has 0 spiro atoms. The molecule has 0 heterocycles. The van der Waals surface area contributed by atoms with Gasteiger partial charge in [-0.25, -0.2) is 0 Å². The zero-order chi connectivity index (χ0) is 12.7. The second kappa shape index (κ2) is 7.35. The molecule has 0 unspecified atom stereocenters. The lowest BCUT2D eigenvalue weighted by Gasteiger charge is -2.07. The standard InChI is InChI=1S/C12H13BrClNO2/c1-17-9-4-5-11(13)10(8-9)12(16)15-7-3-2-6-14/h2-5,8H,6-7H2,1H3,(H,15,16)/b3-2+. The molecule has 92 valence electrons. The van der Waals surface area contributed by atoms with E-state index in [4.69, 9.17) is 16.3 Å². The van der Waals surface area contributed by atoms with Gasteiger partial charge in [-0.1, -0.05) is 12.2 Å². The third-order valence-electron chi connectivity index (χ3n) is 2.05. The van der Waals surface area contributed by atoms with Gasteiger partial charge < -0.3 is 10.1 Å². The lowest BCUT2D eigenvalue weighted by Crippen LogP contribution is -2.23. The Hall–Kier alpha value is -1.00. The van der Waals surface area contributed by atoms with Crippen LogP contribution in [0.5, 0.6) is 5.75 Å². The summed E-state index contributed by atoms with van der Waals surface area (Å²) >= 11 is 8.80. The topological polar surface area (TPSA) is 38.3 Å². The van der Waals surface area contributed by atoms with Crippen molar-refractivity contribution in [2.75, 3.05) is 19.5 Å². The van der Waals surface area contributed by atoms with Crippen molar-refractivity contribution in [3.05, 3.63) is 40.4 Å². The van der Waals surface area contributed by atoms with Crippen molar-refractivity contribution in [3.63, 3.8) is 0 Å². The summed E-state index contributed by atoms with van der Waals surface area (Å²) in [5, 5.41) is 2.76. The zero-order valence-corrected chi connectivity index (χ0v) is 11.7. The summed E-state index contributed by atoms with van der Waals surface area (Å²) in [6, 6.07) is 5.25. The molecule has 0 bridgehead atoms. The molecular weight excluding hydrogens is 305 g/mol. The average Bonchev–Trinajstić information content (AvgIpc) is 2.35. The minimum absolute atomic E-state index is 0.157. The molecule has 1 amide bonds. The van der Waals surface area contributed by atoms with E-state index in [0.29, 0.717) is 23.7 Å². The van der Waals surface area contributed by atoms with Crippen LogP contribution in [-0.4, -0.2) is 25.4 Å². The maximum Gasteiger partial charge on any atom is 0.252 e. The predicted molar refractivity (Wildman–Crippen MR) is 72.9 cm³/mol. The first-order valence-corrected chi connectivity index (χ1v) is 6.34. The lowest BCUT2D eigenvalue weighted by molar-refractivity contribution is 0.0957. The maximum atomic E-state index is 11.8. The number of hydrogen-bond donors (Lipinski definition) is 1. The molecule has 1 aromatic carbocycles. The normalized spacial score (nSPS) is 10.5. The van der Waals surface area contributed by atoms with E-state index in [1.54, 1.807) is 37.5 Å². The molecule has 1 N–H and O–H groups in total. The number of hydrogen-bond acceptors (Lipinski definition) is 2. The van der Waals surface area contributed by atoms with Crippen LogP contribution in [0.15, 0.2) is 34.8 Å². The van der Waals surface area contributed by atoms with Crippen molar-refractivity contribution >= 4 is 33.4 Å². The minimum atomic E-state index is -0.157. The molecule has 0 aliphatic carbocycles. The Morgan fingerprint density at radius 1 is 1.53 bits per heavy atom. The summed E-state index contributed by atoms with van der Waals surface area (Å²) in [6.45, 7) is 0.454. The number of nitrogens with one attached hydrogen (secondary N) is 1. The number of amides is 1. The monoisotopic (exact) mass is 317 g/mol. The smallest absolute Gasteiger partial charge is 0.252 e. The van der Waals surface area contributed by atoms with Crippen LogP contribution in [-0.2, 0) is 0 Å². The molecule has 0 atom stereocenters. The third kappa shape index (κ3) is 4.40. The molecule has 1 rings (SSSR count). The number of carbonyl (C=O) groups is 1. The summed E-state index contributed by atoms with van der Waals surface area (Å²) in [6.07, 6.45) is 3.58. The molecular formula is C12H13BrClNO2. The highest BCUT2D eigenvalue weighted by atomic mass is 79.9. The van der Waals surface area contributed by atoms with Crippen molar-refractivity contribution in [2.24, 2.45) is 0 Å². The molecule has 0 aliphatic rings. The van der Waals surface area contributed by atoms with E-state index in [1.807, 2.05) is 0 Å². The SMILES string of the molecule is COc1ccc(Br)c(C(=O)NC/C=C/CCl)c1. The highest BCUT2D eigenvalue weighted by Gasteiger charge is 2.10. The summed E-state index contributed by atoms with van der Waals surface area (Å²) in [4.78, 5) is 11.8. The van der Waals surface area contributed by atoms with Gasteiger partial charge in [-0.2, -0.15) is 0 Å². The zero-order valence-electron chi connectivity index (χ0n) is 9.37. The molecule has 1 aromatic rings. The number of allylic oxidation sites excluding steroid dienone is 1. The van der Waals surface area contributed by atoms with E-state index in [2.05, 4.69) is 21.2 Å². The van der Waals surface area contributed by atoms with Gasteiger partial charge in [0.1, 0.15) is 5.75 Å². The van der Waals surface area contributed by atoms with Crippen molar-refractivity contribution in [3.8, 4) is 5.75 Å². The summed E-state index contributed by atoms with van der Waals surface area (Å²) < 4.78 is 5.80. The molecule has 3 nitrogen and oxygen atoms in total. The van der Waals surface area contributed by atoms with E-state index in [9.17, 15) is 4.79 Å². The van der Waals surface area contributed by atoms with Crippen LogP contribution in [0.25, 0.3) is 0 Å². The van der Waals surface area contributed by atoms with Crippen LogP contribution in [0.3, 0.4) is 0 Å². The molecule has 5 heteroatoms. The number of rotatable bonds is 5. The molecule has 0 aliphatic heterocycles. The van der Waals surface area contributed by atoms with E-state index in [0.717, 1.165) is 4.47 Å². The Morgan fingerprint density at radius 2 is 2.29 bits per heavy atom. The van der Waals surface area contributed by atoms with Gasteiger partial charge in [0.2, 0.25) is 0 Å². The molecule has 0 radical (unpaired) electrons. The van der Waals surface area contributed by atoms with Crippen LogP contribution in [0.4, 0.5) is 0 Å². The van der Waals surface area contributed by atoms with Crippen LogP contribution in [0.1, 0.15) is 10.4 Å². The fourth-order valence-corrected chi connectivity index (χ4v) is 1.75. The minimum Gasteiger partial charge on any atom is -0.497 e. The first-order valence-electron chi connectivity index (χ1n) is 5.01. The number of benzene rings is 1. The maximum absolute atomic E-state index is 11.8. The van der Waals surface area contributed by atoms with Gasteiger partial charge in [0.05, 0.1) is 12.7 Å². The van der Waals surface area contributed by atoms with Gasteiger partial charge >= 0.3 is 0 Å². The van der Waals surface area contributed by atoms with Crippen LogP contribution in [0, 0.1) is 0 Å². The van der Waals surface area contributed by atoms with Crippen molar-refractivity contribution in [1.29, 1.82) is 0 Å². The molecule has 0 aromatic heterocycles. The highest BCUT2D eigenvalue weighted by molar-refractivity contribution is 9.10. The fourth-order valence-electron chi connectivity index (χ4n) is 1.20. The Labute approximate surface area is 114 Å². The molecule has 0 saturated heterocycles. The quantitative estimate of drug-likeness (QED) is 0.669. The Bertz CT molecular complexity index is 421. The van der Waals surface area contributed by atoms with Gasteiger partial charge in [0, 0.05) is 16.9 Å². The number of halogens is 2. The summed E-state index contributed by atoms with van der Waals surface area (Å²) in [7, 11) is 1.56. The predicted octanol–water partition coefficient (Wildman–Crippen LogP) is 2.98. The first-order chi connectivity index (χ1) is 8.19. The second-order valence-corrected chi connectivity index (χ2v) is 4.34. The molecule has 0 fully saturated rings. The molecule has 0 saturated carbocycles. The second-order valence-electron chi connectivity index (χ2n) is 3.18. The molecule has 17 heavy (non-hydrogen) atoms. The van der Waals surface area contributed by atoms with E-state index >= 15 is 0 Å². The van der Waals surface area contributed by atoms with Gasteiger partial charge in [0.15, 0.2) is 0 Å². The third-order valence-corrected chi connectivity index (χ3v) is 2.92. The van der Waals surface area contributed by atoms with E-state index < -0.39 is 0 Å². The average molecular weight is 319 g/mol. The van der Waals surface area contributed by atoms with Crippen molar-refractivity contribution in [1.82, 2.24) is 5.32 Å². The Morgan fingerprint density at radius 3 is 2.94 bits per heavy atom. The van der Waals surface area contributed by atoms with E-state index in [-0.39, 0.29) is 5.91 Å². The lowest BCUT2D eigenvalue weighted by atomic mass is 10.2. The number of alkyl halides is 1. The Balaban J connectivity index is 2.70. The van der Waals surface area contributed by atoms with Gasteiger partial charge in [0.25, 0.3) is 5.91 Å². The Kier molecular flexibility index (Phi) is 6.08. The number of ether oxygens (including phenoxy) is 1. The number of methoxy groups -OCH3 is 1. The summed E-state index contributed by atoms with van der Waals surface area (Å²) in [5.74, 6) is 0.934. The van der Waals surface area contributed by atoms with Crippen LogP contribution >= 0.6 is 27.5 Å². The van der Waals surface area contributed by atoms with Crippen molar-refractivity contribution in [2.45, 2.75) is 0 Å². The van der Waals surface area contributed by atoms with Crippen LogP contribution < -0.4 is 10.1 Å². The van der Waals surface area contributed by atoms with Gasteiger partial charge in [-0.15, -0.1) is 11.6 Å². The van der Waals surface area contributed by atoms with Crippen molar-refractivity contribution < 1.29 is 9.53 Å². The fraction of sp³-hybridized carbons (Fsp3) is 0.250. The largest absolute Gasteiger partial charge is 0.497 e. The van der Waals surface area contributed by atoms with Gasteiger partial charge in [-0.05, 0) is 34.1 Å². The number of carbonyl (C=O) groups excluding carboxylic acids is 1. The van der Waals surface area contributed by atoms with Crippen LogP contribution in [0.2, 0.25) is 0 Å².